The zero-order valence-corrected chi connectivity index (χ0v) is 11.9. The Labute approximate surface area is 122 Å². The second kappa shape index (κ2) is 4.25. The molecule has 0 atom stereocenters. The molecular weight excluding hydrogens is 266 g/mol. The molecule has 0 amide bonds. The van der Waals surface area contributed by atoms with Crippen LogP contribution in [0.2, 0.25) is 0 Å². The number of pyridine rings is 1. The van der Waals surface area contributed by atoms with Gasteiger partial charge in [-0.15, -0.1) is 10.2 Å². The van der Waals surface area contributed by atoms with Crippen LogP contribution in [0.3, 0.4) is 0 Å². The summed E-state index contributed by atoms with van der Waals surface area (Å²) in [6, 6.07) is 5.91. The van der Waals surface area contributed by atoms with Crippen LogP contribution in [0.15, 0.2) is 63.1 Å². The molecule has 6 heteroatoms. The minimum Gasteiger partial charge on any atom is -0.488 e. The van der Waals surface area contributed by atoms with Crippen molar-refractivity contribution < 1.29 is 4.74 Å². The van der Waals surface area contributed by atoms with Gasteiger partial charge in [-0.25, -0.2) is 4.98 Å². The van der Waals surface area contributed by atoms with Gasteiger partial charge in [-0.2, -0.15) is 0 Å². The molecule has 0 unspecified atom stereocenters. The lowest BCUT2D eigenvalue weighted by atomic mass is 9.98. The van der Waals surface area contributed by atoms with Crippen LogP contribution in [-0.2, 0) is 4.74 Å². The third-order valence-electron chi connectivity index (χ3n) is 3.66. The van der Waals surface area contributed by atoms with Crippen molar-refractivity contribution in [2.45, 2.75) is 25.9 Å². The smallest absolute Gasteiger partial charge is 0.133 e. The van der Waals surface area contributed by atoms with Crippen molar-refractivity contribution in [3.63, 3.8) is 0 Å². The molecule has 4 rings (SSSR count). The van der Waals surface area contributed by atoms with Crippen molar-refractivity contribution in [3.05, 3.63) is 47.6 Å². The molecule has 0 radical (unpaired) electrons. The molecule has 6 nitrogen and oxygen atoms in total. The highest BCUT2D eigenvalue weighted by Crippen LogP contribution is 2.37. The summed E-state index contributed by atoms with van der Waals surface area (Å²) in [6.45, 7) is 4.89. The van der Waals surface area contributed by atoms with Crippen LogP contribution >= 0.6 is 0 Å². The lowest BCUT2D eigenvalue weighted by molar-refractivity contribution is 0.0275. The second-order valence-electron chi connectivity index (χ2n) is 5.89. The van der Waals surface area contributed by atoms with Crippen molar-refractivity contribution in [2.75, 3.05) is 11.4 Å². The Morgan fingerprint density at radius 1 is 1.29 bits per heavy atom. The van der Waals surface area contributed by atoms with E-state index in [2.05, 4.69) is 39.2 Å². The fourth-order valence-electron chi connectivity index (χ4n) is 2.79. The zero-order valence-electron chi connectivity index (χ0n) is 11.9. The van der Waals surface area contributed by atoms with Crippen LogP contribution < -0.4 is 4.90 Å². The van der Waals surface area contributed by atoms with Gasteiger partial charge in [0.15, 0.2) is 0 Å². The topological polar surface area (TPSA) is 62.4 Å². The standard InChI is InChI=1S/C15H15N5O/c1-15(2)9-20(14-5-3-4-6-16-14)12-7-10-11(18-19-17-10)8-13(12)21-15/h3-7H,8-9H2,1-2H3. The van der Waals surface area contributed by atoms with E-state index in [0.29, 0.717) is 6.42 Å². The molecule has 0 fully saturated rings. The van der Waals surface area contributed by atoms with Crippen LogP contribution in [0, 0.1) is 0 Å². The average molecular weight is 281 g/mol. The lowest BCUT2D eigenvalue weighted by Crippen LogP contribution is -2.46. The van der Waals surface area contributed by atoms with Gasteiger partial charge >= 0.3 is 0 Å². The van der Waals surface area contributed by atoms with Gasteiger partial charge in [0.25, 0.3) is 0 Å². The van der Waals surface area contributed by atoms with Gasteiger partial charge in [0.05, 0.1) is 18.7 Å². The molecule has 1 aromatic rings. The van der Waals surface area contributed by atoms with Gasteiger partial charge in [-0.05, 0) is 37.3 Å². The van der Waals surface area contributed by atoms with E-state index in [1.54, 1.807) is 6.20 Å². The zero-order chi connectivity index (χ0) is 14.4. The summed E-state index contributed by atoms with van der Waals surface area (Å²) < 4.78 is 6.14. The van der Waals surface area contributed by atoms with E-state index in [4.69, 9.17) is 4.74 Å². The number of anilines is 1. The van der Waals surface area contributed by atoms with Crippen LogP contribution in [0.1, 0.15) is 20.3 Å². The molecule has 0 saturated heterocycles. The minimum atomic E-state index is -0.283. The van der Waals surface area contributed by atoms with Gasteiger partial charge in [0, 0.05) is 6.20 Å². The Bertz CT molecular complexity index is 715. The predicted octanol–water partition coefficient (Wildman–Crippen LogP) is 3.02. The van der Waals surface area contributed by atoms with Gasteiger partial charge < -0.3 is 9.64 Å². The first-order valence-corrected chi connectivity index (χ1v) is 6.93. The van der Waals surface area contributed by atoms with Crippen LogP contribution in [0.5, 0.6) is 0 Å². The van der Waals surface area contributed by atoms with Gasteiger partial charge in [0.2, 0.25) is 0 Å². The van der Waals surface area contributed by atoms with E-state index in [9.17, 15) is 0 Å². The summed E-state index contributed by atoms with van der Waals surface area (Å²) in [5.74, 6) is 1.82. The van der Waals surface area contributed by atoms with Crippen molar-refractivity contribution >= 4 is 11.5 Å². The van der Waals surface area contributed by atoms with Gasteiger partial charge in [0.1, 0.15) is 28.6 Å². The maximum atomic E-state index is 6.14. The highest BCUT2D eigenvalue weighted by atomic mass is 16.5. The van der Waals surface area contributed by atoms with Gasteiger partial charge in [-0.3, -0.25) is 0 Å². The number of hydrogen-bond donors (Lipinski definition) is 0. The number of aromatic nitrogens is 1. The van der Waals surface area contributed by atoms with Crippen molar-refractivity contribution in [1.29, 1.82) is 0 Å². The quantitative estimate of drug-likeness (QED) is 0.795. The van der Waals surface area contributed by atoms with Crippen LogP contribution in [0.25, 0.3) is 0 Å². The number of allylic oxidation sites excluding steroid dienone is 3. The van der Waals surface area contributed by atoms with Crippen molar-refractivity contribution in [2.24, 2.45) is 15.4 Å². The van der Waals surface area contributed by atoms with Crippen molar-refractivity contribution in [1.82, 2.24) is 4.98 Å². The normalized spacial score (nSPS) is 22.3. The minimum absolute atomic E-state index is 0.283. The van der Waals surface area contributed by atoms with Crippen LogP contribution in [-0.4, -0.2) is 22.8 Å². The second-order valence-corrected chi connectivity index (χ2v) is 5.89. The molecule has 3 aliphatic rings. The summed E-state index contributed by atoms with van der Waals surface area (Å²) in [4.78, 5) is 6.64. The summed E-state index contributed by atoms with van der Waals surface area (Å²) in [7, 11) is 0. The maximum absolute atomic E-state index is 6.14. The molecule has 1 aromatic heterocycles. The molecule has 0 saturated carbocycles. The molecule has 3 heterocycles. The molecule has 0 aromatic carbocycles. The molecule has 21 heavy (non-hydrogen) atoms. The first kappa shape index (κ1) is 12.3. The molecule has 0 spiro atoms. The summed E-state index contributed by atoms with van der Waals surface area (Å²) in [5, 5.41) is 11.9. The SMILES string of the molecule is CC1(C)CN(c2ccccn2)C2=C(CC3=NN=NC3=C2)O1. The Morgan fingerprint density at radius 3 is 3.00 bits per heavy atom. The Morgan fingerprint density at radius 2 is 2.19 bits per heavy atom. The van der Waals surface area contributed by atoms with E-state index < -0.39 is 0 Å². The maximum Gasteiger partial charge on any atom is 0.133 e. The summed E-state index contributed by atoms with van der Waals surface area (Å²) in [6.07, 6.45) is 4.41. The monoisotopic (exact) mass is 281 g/mol. The lowest BCUT2D eigenvalue weighted by Gasteiger charge is -2.42. The fourth-order valence-corrected chi connectivity index (χ4v) is 2.79. The van der Waals surface area contributed by atoms with Crippen LogP contribution in [0.4, 0.5) is 5.82 Å². The van der Waals surface area contributed by atoms with E-state index in [1.165, 1.54) is 0 Å². The summed E-state index contributed by atoms with van der Waals surface area (Å²) in [5.41, 5.74) is 2.41. The highest BCUT2D eigenvalue weighted by Gasteiger charge is 2.37. The Hall–Kier alpha value is -2.50. The molecule has 0 bridgehead atoms. The van der Waals surface area contributed by atoms with E-state index in [0.717, 1.165) is 35.2 Å². The first-order chi connectivity index (χ1) is 10.1. The first-order valence-electron chi connectivity index (χ1n) is 6.93. The number of fused-ring (bicyclic) bond motifs is 1. The number of ether oxygens (including phenoxy) is 1. The molecule has 106 valence electrons. The molecular formula is C15H15N5O. The van der Waals surface area contributed by atoms with E-state index >= 15 is 0 Å². The van der Waals surface area contributed by atoms with E-state index in [-0.39, 0.29) is 5.60 Å². The molecule has 1 aliphatic carbocycles. The highest BCUT2D eigenvalue weighted by molar-refractivity contribution is 6.03. The average Bonchev–Trinajstić information content (AvgIpc) is 2.91. The number of rotatable bonds is 1. The Kier molecular flexibility index (Phi) is 2.48. The fraction of sp³-hybridized carbons (Fsp3) is 0.333. The molecule has 0 N–H and O–H groups in total. The predicted molar refractivity (Wildman–Crippen MR) is 78.8 cm³/mol. The number of nitrogens with zero attached hydrogens (tertiary/aromatic N) is 5. The van der Waals surface area contributed by atoms with Crippen molar-refractivity contribution in [3.8, 4) is 0 Å². The molecule has 2 aliphatic heterocycles. The third-order valence-corrected chi connectivity index (χ3v) is 3.66. The Balaban J connectivity index is 1.82. The summed E-state index contributed by atoms with van der Waals surface area (Å²) >= 11 is 0. The largest absolute Gasteiger partial charge is 0.488 e. The third kappa shape index (κ3) is 2.03. The van der Waals surface area contributed by atoms with E-state index in [1.807, 2.05) is 24.3 Å². The number of hydrogen-bond acceptors (Lipinski definition) is 6. The van der Waals surface area contributed by atoms with Gasteiger partial charge in [-0.1, -0.05) is 6.07 Å².